The molecule has 0 saturated heterocycles. The Bertz CT molecular complexity index is 383. The van der Waals surface area contributed by atoms with Crippen LogP contribution in [0.1, 0.15) is 117 Å². The second kappa shape index (κ2) is 13.6. The number of hydrogen-bond donors (Lipinski definition) is 0. The topological polar surface area (TPSA) is 0 Å². The van der Waals surface area contributed by atoms with Crippen LogP contribution < -0.4 is 0 Å². The molecule has 0 aromatic carbocycles. The lowest BCUT2D eigenvalue weighted by Crippen LogP contribution is -2.18. The fraction of sp³-hybridized carbons (Fsp3) is 0.846. The van der Waals surface area contributed by atoms with Crippen molar-refractivity contribution < 1.29 is 0 Å². The van der Waals surface area contributed by atoms with Gasteiger partial charge in [0, 0.05) is 0 Å². The average Bonchev–Trinajstić information content (AvgIpc) is 2.68. The summed E-state index contributed by atoms with van der Waals surface area (Å²) in [6, 6.07) is 0. The fourth-order valence-corrected chi connectivity index (χ4v) is 5.43. The fourth-order valence-electron chi connectivity index (χ4n) is 5.43. The van der Waals surface area contributed by atoms with Crippen molar-refractivity contribution in [3.63, 3.8) is 0 Å². The molecule has 2 unspecified atom stereocenters. The molecule has 0 nitrogen and oxygen atoms in total. The molecule has 0 amide bonds. The predicted octanol–water partition coefficient (Wildman–Crippen LogP) is 8.87. The Balaban J connectivity index is 1.56. The third-order valence-electron chi connectivity index (χ3n) is 7.19. The van der Waals surface area contributed by atoms with Gasteiger partial charge in [0.15, 0.2) is 0 Å². The highest BCUT2D eigenvalue weighted by atomic mass is 14.3. The minimum Gasteiger partial charge on any atom is -0.0917 e. The summed E-state index contributed by atoms with van der Waals surface area (Å²) in [4.78, 5) is 0. The molecule has 0 aromatic heterocycles. The lowest BCUT2D eigenvalue weighted by Gasteiger charge is -2.30. The molecule has 150 valence electrons. The third kappa shape index (κ3) is 8.45. The molecule has 2 rings (SSSR count). The second-order valence-corrected chi connectivity index (χ2v) is 9.24. The first kappa shape index (κ1) is 21.8. The highest BCUT2D eigenvalue weighted by Gasteiger charge is 2.23. The summed E-state index contributed by atoms with van der Waals surface area (Å²) < 4.78 is 0. The first-order chi connectivity index (χ1) is 12.8. The normalized spacial score (nSPS) is 30.4. The first-order valence-electron chi connectivity index (χ1n) is 12.1. The maximum atomic E-state index is 2.59. The van der Waals surface area contributed by atoms with Gasteiger partial charge in [0.2, 0.25) is 0 Å². The van der Waals surface area contributed by atoms with Crippen molar-refractivity contribution in [3.05, 3.63) is 24.3 Å². The van der Waals surface area contributed by atoms with Crippen LogP contribution in [-0.2, 0) is 0 Å². The third-order valence-corrected chi connectivity index (χ3v) is 7.19. The Labute approximate surface area is 164 Å². The predicted molar refractivity (Wildman–Crippen MR) is 117 cm³/mol. The number of hydrogen-bond acceptors (Lipinski definition) is 0. The van der Waals surface area contributed by atoms with Crippen molar-refractivity contribution in [2.45, 2.75) is 117 Å². The van der Waals surface area contributed by atoms with Gasteiger partial charge in [-0.3, -0.25) is 0 Å². The van der Waals surface area contributed by atoms with Crippen LogP contribution in [0.5, 0.6) is 0 Å². The average molecular weight is 359 g/mol. The summed E-state index contributed by atoms with van der Waals surface area (Å²) in [6.45, 7) is 4.44. The molecule has 2 aliphatic rings. The van der Waals surface area contributed by atoms with Gasteiger partial charge in [-0.2, -0.15) is 0 Å². The van der Waals surface area contributed by atoms with Gasteiger partial charge in [0.1, 0.15) is 0 Å². The minimum absolute atomic E-state index is 0.905. The second-order valence-electron chi connectivity index (χ2n) is 9.24. The molecule has 0 spiro atoms. The summed E-state index contributed by atoms with van der Waals surface area (Å²) >= 11 is 0. The van der Waals surface area contributed by atoms with Crippen LogP contribution in [0.4, 0.5) is 0 Å². The van der Waals surface area contributed by atoms with E-state index in [0.29, 0.717) is 0 Å². The number of unbranched alkanes of at least 4 members (excludes halogenated alkanes) is 2. The van der Waals surface area contributed by atoms with Crippen LogP contribution in [0, 0.1) is 23.7 Å². The van der Waals surface area contributed by atoms with E-state index in [4.69, 9.17) is 0 Å². The molecule has 0 aliphatic heterocycles. The maximum absolute atomic E-state index is 2.59. The van der Waals surface area contributed by atoms with Crippen LogP contribution in [-0.4, -0.2) is 0 Å². The maximum Gasteiger partial charge on any atom is -0.0205 e. The zero-order valence-electron chi connectivity index (χ0n) is 17.9. The van der Waals surface area contributed by atoms with Gasteiger partial charge in [-0.15, -0.1) is 0 Å². The van der Waals surface area contributed by atoms with E-state index in [2.05, 4.69) is 38.2 Å². The number of allylic oxidation sites excluding steroid dienone is 4. The Morgan fingerprint density at radius 1 is 0.731 bits per heavy atom. The van der Waals surface area contributed by atoms with Crippen LogP contribution in [0.3, 0.4) is 0 Å². The lowest BCUT2D eigenvalue weighted by atomic mass is 9.75. The van der Waals surface area contributed by atoms with Crippen molar-refractivity contribution in [1.82, 2.24) is 0 Å². The van der Waals surface area contributed by atoms with Gasteiger partial charge >= 0.3 is 0 Å². The Morgan fingerprint density at radius 2 is 1.42 bits per heavy atom. The van der Waals surface area contributed by atoms with Gasteiger partial charge < -0.3 is 0 Å². The van der Waals surface area contributed by atoms with Crippen molar-refractivity contribution in [2.75, 3.05) is 0 Å². The van der Waals surface area contributed by atoms with Crippen molar-refractivity contribution in [2.24, 2.45) is 23.7 Å². The molecule has 0 N–H and O–H groups in total. The highest BCUT2D eigenvalue weighted by Crippen LogP contribution is 2.37. The van der Waals surface area contributed by atoms with Crippen LogP contribution >= 0.6 is 0 Å². The molecular weight excluding hydrogens is 312 g/mol. The molecule has 26 heavy (non-hydrogen) atoms. The van der Waals surface area contributed by atoms with Gasteiger partial charge in [-0.25, -0.2) is 0 Å². The summed E-state index contributed by atoms with van der Waals surface area (Å²) in [7, 11) is 0. The van der Waals surface area contributed by atoms with E-state index in [-0.39, 0.29) is 0 Å². The van der Waals surface area contributed by atoms with Gasteiger partial charge in [0.05, 0.1) is 0 Å². The lowest BCUT2D eigenvalue weighted by molar-refractivity contribution is 0.237. The van der Waals surface area contributed by atoms with Crippen LogP contribution in [0.2, 0.25) is 0 Å². The van der Waals surface area contributed by atoms with E-state index in [0.717, 1.165) is 23.7 Å². The largest absolute Gasteiger partial charge is 0.0917 e. The van der Waals surface area contributed by atoms with E-state index in [1.165, 1.54) is 103 Å². The van der Waals surface area contributed by atoms with Crippen molar-refractivity contribution >= 4 is 0 Å². The molecule has 0 bridgehead atoms. The summed E-state index contributed by atoms with van der Waals surface area (Å²) in [5.74, 6) is 3.99. The highest BCUT2D eigenvalue weighted by molar-refractivity contribution is 4.93. The Kier molecular flexibility index (Phi) is 11.4. The van der Waals surface area contributed by atoms with Crippen LogP contribution in [0.25, 0.3) is 0 Å². The summed E-state index contributed by atoms with van der Waals surface area (Å²) in [5, 5.41) is 0. The SMILES string of the molecule is CC=CCC[C@H]1CC[C@H](CCCCC2CCCCC2C=CCCC)CC1. The quantitative estimate of drug-likeness (QED) is 0.255. The monoisotopic (exact) mass is 358 g/mol. The van der Waals surface area contributed by atoms with Gasteiger partial charge in [-0.05, 0) is 69.1 Å². The van der Waals surface area contributed by atoms with Gasteiger partial charge in [-0.1, -0.05) is 95.4 Å². The molecular formula is C26H46. The van der Waals surface area contributed by atoms with E-state index in [9.17, 15) is 0 Å². The molecule has 2 saturated carbocycles. The summed E-state index contributed by atoms with van der Waals surface area (Å²) in [5.41, 5.74) is 0. The molecule has 2 aliphatic carbocycles. The van der Waals surface area contributed by atoms with Crippen LogP contribution in [0.15, 0.2) is 24.3 Å². The standard InChI is InChI=1S/C26H46/c1-3-5-7-13-23-19-21-24(22-20-23)14-9-10-16-26-18-12-11-17-25(26)15-8-6-4-2/h3,5,8,15,23-26H,4,6-7,9-14,16-22H2,1-2H3/t23-,24-,25?,26?. The Morgan fingerprint density at radius 3 is 2.15 bits per heavy atom. The van der Waals surface area contributed by atoms with Crippen molar-refractivity contribution in [3.8, 4) is 0 Å². The summed E-state index contributed by atoms with van der Waals surface area (Å²) in [6.07, 6.45) is 32.9. The smallest absolute Gasteiger partial charge is 0.0205 e. The van der Waals surface area contributed by atoms with E-state index in [1.54, 1.807) is 0 Å². The van der Waals surface area contributed by atoms with E-state index < -0.39 is 0 Å². The molecule has 0 heteroatoms. The minimum atomic E-state index is 0.905. The van der Waals surface area contributed by atoms with E-state index in [1.807, 2.05) is 0 Å². The zero-order valence-corrected chi connectivity index (χ0v) is 17.9. The molecule has 0 heterocycles. The molecule has 2 atom stereocenters. The van der Waals surface area contributed by atoms with Crippen molar-refractivity contribution in [1.29, 1.82) is 0 Å². The molecule has 0 radical (unpaired) electrons. The molecule has 0 aromatic rings. The first-order valence-corrected chi connectivity index (χ1v) is 12.1. The number of rotatable bonds is 11. The molecule has 2 fully saturated rings. The van der Waals surface area contributed by atoms with Gasteiger partial charge in [0.25, 0.3) is 0 Å². The van der Waals surface area contributed by atoms with E-state index >= 15 is 0 Å². The zero-order chi connectivity index (χ0) is 18.5. The Hall–Kier alpha value is -0.520.